The highest BCUT2D eigenvalue weighted by Crippen LogP contribution is 2.51. The van der Waals surface area contributed by atoms with E-state index in [9.17, 15) is 0 Å². The van der Waals surface area contributed by atoms with Gasteiger partial charge in [0.1, 0.15) is 4.83 Å². The second-order valence-electron chi connectivity index (χ2n) is 14.9. The van der Waals surface area contributed by atoms with Crippen molar-refractivity contribution in [1.82, 2.24) is 14.5 Å². The largest absolute Gasteiger partial charge is 0.300 e. The van der Waals surface area contributed by atoms with Crippen LogP contribution in [0.3, 0.4) is 0 Å². The molecule has 5 heterocycles. The average molecular weight is 726 g/mol. The molecule has 254 valence electrons. The Morgan fingerprint density at radius 2 is 1.20 bits per heavy atom. The molecule has 4 aromatic heterocycles. The van der Waals surface area contributed by atoms with E-state index in [-0.39, 0.29) is 5.41 Å². The van der Waals surface area contributed by atoms with Crippen molar-refractivity contribution in [1.29, 1.82) is 0 Å². The van der Waals surface area contributed by atoms with Crippen molar-refractivity contribution in [2.75, 3.05) is 0 Å². The van der Waals surface area contributed by atoms with E-state index in [0.717, 1.165) is 33.5 Å². The van der Waals surface area contributed by atoms with E-state index in [1.54, 1.807) is 0 Å². The molecule has 0 radical (unpaired) electrons. The van der Waals surface area contributed by atoms with Gasteiger partial charge in [-0.25, -0.2) is 9.97 Å². The highest BCUT2D eigenvalue weighted by Gasteiger charge is 2.36. The number of benzene rings is 7. The van der Waals surface area contributed by atoms with Crippen LogP contribution in [-0.2, 0) is 5.41 Å². The number of thiophene rings is 2. The Labute approximate surface area is 319 Å². The monoisotopic (exact) mass is 725 g/mol. The summed E-state index contributed by atoms with van der Waals surface area (Å²) in [5, 5.41) is 7.63. The van der Waals surface area contributed by atoms with Crippen LogP contribution >= 0.6 is 22.7 Å². The number of hydrogen-bond acceptors (Lipinski definition) is 4. The van der Waals surface area contributed by atoms with Gasteiger partial charge in [0, 0.05) is 63.0 Å². The Morgan fingerprint density at radius 3 is 2.09 bits per heavy atom. The van der Waals surface area contributed by atoms with Crippen molar-refractivity contribution in [3.05, 3.63) is 163 Å². The lowest BCUT2D eigenvalue weighted by atomic mass is 9.74. The van der Waals surface area contributed by atoms with Gasteiger partial charge in [0.2, 0.25) is 0 Å². The highest BCUT2D eigenvalue weighted by atomic mass is 32.1. The maximum atomic E-state index is 5.37. The molecule has 0 fully saturated rings. The van der Waals surface area contributed by atoms with Gasteiger partial charge < -0.3 is 4.57 Å². The van der Waals surface area contributed by atoms with Crippen molar-refractivity contribution in [2.24, 2.45) is 0 Å². The normalized spacial score (nSPS) is 13.5. The van der Waals surface area contributed by atoms with E-state index >= 15 is 0 Å². The Hall–Kier alpha value is -6.14. The first-order chi connectivity index (χ1) is 26.5. The zero-order valence-corrected chi connectivity index (χ0v) is 31.2. The summed E-state index contributed by atoms with van der Waals surface area (Å²) in [5.74, 6) is 0.756. The van der Waals surface area contributed by atoms with E-state index < -0.39 is 0 Å². The molecule has 12 rings (SSSR count). The van der Waals surface area contributed by atoms with Gasteiger partial charge in [0.15, 0.2) is 5.82 Å². The minimum Gasteiger partial charge on any atom is -0.300 e. The van der Waals surface area contributed by atoms with Crippen LogP contribution in [-0.4, -0.2) is 14.5 Å². The van der Waals surface area contributed by atoms with Crippen LogP contribution in [0.4, 0.5) is 0 Å². The first kappa shape index (κ1) is 30.3. The Kier molecular flexibility index (Phi) is 6.15. The smallest absolute Gasteiger partial charge is 0.161 e. The second kappa shape index (κ2) is 11.0. The van der Waals surface area contributed by atoms with Gasteiger partial charge in [0.25, 0.3) is 0 Å². The fraction of sp³-hybridized carbons (Fsp3) is 0.0612. The molecule has 0 amide bonds. The Morgan fingerprint density at radius 1 is 0.519 bits per heavy atom. The second-order valence-corrected chi connectivity index (χ2v) is 17.0. The molecule has 0 aliphatic carbocycles. The molecule has 0 bridgehead atoms. The molecule has 5 heteroatoms. The van der Waals surface area contributed by atoms with Crippen molar-refractivity contribution in [3.63, 3.8) is 0 Å². The highest BCUT2D eigenvalue weighted by molar-refractivity contribution is 7.26. The number of nitrogens with zero attached hydrogens (tertiary/aromatic N) is 3. The lowest BCUT2D eigenvalue weighted by Gasteiger charge is -2.35. The number of aromatic nitrogens is 3. The molecule has 0 atom stereocenters. The van der Waals surface area contributed by atoms with Crippen molar-refractivity contribution >= 4 is 85.0 Å². The molecule has 0 spiro atoms. The van der Waals surface area contributed by atoms with Crippen LogP contribution in [0.1, 0.15) is 25.0 Å². The van der Waals surface area contributed by atoms with E-state index in [1.165, 1.54) is 79.3 Å². The van der Waals surface area contributed by atoms with Crippen molar-refractivity contribution in [3.8, 4) is 39.5 Å². The van der Waals surface area contributed by atoms with Crippen LogP contribution in [0.2, 0.25) is 0 Å². The van der Waals surface area contributed by atoms with Gasteiger partial charge >= 0.3 is 0 Å². The summed E-state index contributed by atoms with van der Waals surface area (Å²) >= 11 is 3.71. The summed E-state index contributed by atoms with van der Waals surface area (Å²) in [6.07, 6.45) is 0. The predicted octanol–water partition coefficient (Wildman–Crippen LogP) is 13.9. The predicted molar refractivity (Wildman–Crippen MR) is 231 cm³/mol. The van der Waals surface area contributed by atoms with Crippen LogP contribution in [0, 0.1) is 0 Å². The molecule has 0 N–H and O–H groups in total. The molecule has 0 unspecified atom stereocenters. The van der Waals surface area contributed by atoms with Crippen LogP contribution < -0.4 is 0 Å². The van der Waals surface area contributed by atoms with E-state index in [0.29, 0.717) is 0 Å². The topological polar surface area (TPSA) is 30.7 Å². The van der Waals surface area contributed by atoms with Crippen LogP contribution in [0.5, 0.6) is 0 Å². The lowest BCUT2D eigenvalue weighted by molar-refractivity contribution is 0.630. The summed E-state index contributed by atoms with van der Waals surface area (Å²) in [6.45, 7) is 4.77. The molecule has 1 aliphatic heterocycles. The Balaban J connectivity index is 1.03. The van der Waals surface area contributed by atoms with Gasteiger partial charge in [-0.1, -0.05) is 123 Å². The number of fused-ring (bicyclic) bond motifs is 11. The molecular weight excluding hydrogens is 695 g/mol. The summed E-state index contributed by atoms with van der Waals surface area (Å²) in [5.41, 5.74) is 11.6. The summed E-state index contributed by atoms with van der Waals surface area (Å²) in [7, 11) is 0. The maximum Gasteiger partial charge on any atom is 0.161 e. The molecule has 11 aromatic rings. The summed E-state index contributed by atoms with van der Waals surface area (Å²) in [4.78, 5) is 11.8. The summed E-state index contributed by atoms with van der Waals surface area (Å²) < 4.78 is 6.37. The fourth-order valence-corrected chi connectivity index (χ4v) is 11.5. The van der Waals surface area contributed by atoms with Gasteiger partial charge in [-0.15, -0.1) is 22.7 Å². The van der Waals surface area contributed by atoms with Crippen molar-refractivity contribution in [2.45, 2.75) is 19.3 Å². The molecule has 3 nitrogen and oxygen atoms in total. The zero-order chi connectivity index (χ0) is 35.7. The quantitative estimate of drug-likeness (QED) is 0.182. The first-order valence-corrected chi connectivity index (χ1v) is 20.0. The molecular formula is C49H31N3S2. The maximum absolute atomic E-state index is 5.37. The molecule has 1 aliphatic rings. The van der Waals surface area contributed by atoms with E-state index in [1.807, 2.05) is 22.7 Å². The van der Waals surface area contributed by atoms with Gasteiger partial charge in [-0.05, 0) is 64.7 Å². The van der Waals surface area contributed by atoms with E-state index in [4.69, 9.17) is 9.97 Å². The van der Waals surface area contributed by atoms with Crippen molar-refractivity contribution < 1.29 is 0 Å². The van der Waals surface area contributed by atoms with Gasteiger partial charge in [-0.2, -0.15) is 0 Å². The lowest BCUT2D eigenvalue weighted by Crippen LogP contribution is -2.26. The number of hydrogen-bond donors (Lipinski definition) is 0. The molecule has 54 heavy (non-hydrogen) atoms. The zero-order valence-electron chi connectivity index (χ0n) is 29.6. The standard InChI is InChI=1S/C49H31N3S2/c1-49(2)37-20-11-18-35-43-34-16-5-8-23-42(34)54-48(43)52(45(35)37)40-25-24-29(27-38(40)49)28-12-9-13-30(26-28)44-33-15-3-6-21-39(33)50-47(51-44)36-19-10-17-32-31-14-4-7-22-41(31)53-46(32)36/h3-27H,1-2H3. The SMILES string of the molecule is CC1(C)c2cc(-c3cccc(-c4nc(-c5cccc6c5sc5ccccc56)nc5ccccc45)c3)ccc2-n2c3sc4ccccc4c3c3cccc1c32. The third kappa shape index (κ3) is 4.11. The average Bonchev–Trinajstić information content (AvgIpc) is 3.89. The molecule has 0 saturated heterocycles. The van der Waals surface area contributed by atoms with Gasteiger partial charge in [0.05, 0.1) is 22.4 Å². The molecule has 0 saturated carbocycles. The van der Waals surface area contributed by atoms with Crippen LogP contribution in [0.15, 0.2) is 152 Å². The number of para-hydroxylation sites is 2. The third-order valence-corrected chi connectivity index (χ3v) is 14.0. The Bertz CT molecular complexity index is 3380. The summed E-state index contributed by atoms with van der Waals surface area (Å²) in [6, 6.07) is 55.3. The third-order valence-electron chi connectivity index (χ3n) is 11.6. The van der Waals surface area contributed by atoms with Gasteiger partial charge in [-0.3, -0.25) is 0 Å². The minimum absolute atomic E-state index is 0.180. The fourth-order valence-electron chi connectivity index (χ4n) is 9.01. The van der Waals surface area contributed by atoms with E-state index in [2.05, 4.69) is 170 Å². The van der Waals surface area contributed by atoms with Crippen LogP contribution in [0.25, 0.3) is 102 Å². The number of rotatable bonds is 3. The molecule has 7 aromatic carbocycles. The minimum atomic E-state index is -0.180. The first-order valence-electron chi connectivity index (χ1n) is 18.4.